The number of hydrogen-bond donors (Lipinski definition) is 1. The van der Waals surface area contributed by atoms with Gasteiger partial charge in [-0.3, -0.25) is 4.79 Å². The lowest BCUT2D eigenvalue weighted by Crippen LogP contribution is -1.90. The molecule has 0 amide bonds. The first-order valence-electron chi connectivity index (χ1n) is 5.58. The van der Waals surface area contributed by atoms with Crippen molar-refractivity contribution in [2.75, 3.05) is 6.61 Å². The number of hydrogen-bond acceptors (Lipinski definition) is 2. The zero-order valence-corrected chi connectivity index (χ0v) is 10.6. The van der Waals surface area contributed by atoms with Crippen LogP contribution in [-0.4, -0.2) is 18.2 Å². The Bertz CT molecular complexity index is 242. The van der Waals surface area contributed by atoms with Crippen LogP contribution in [0.1, 0.15) is 33.3 Å². The van der Waals surface area contributed by atoms with E-state index in [0.717, 1.165) is 18.8 Å². The van der Waals surface area contributed by atoms with Crippen molar-refractivity contribution in [1.82, 2.24) is 0 Å². The normalized spacial score (nSPS) is 7.75. The van der Waals surface area contributed by atoms with Gasteiger partial charge in [0.1, 0.15) is 5.75 Å². The summed E-state index contributed by atoms with van der Waals surface area (Å²) in [6, 6.07) is 8.24. The van der Waals surface area contributed by atoms with Gasteiger partial charge in [-0.15, -0.1) is 0 Å². The second kappa shape index (κ2) is 13.5. The van der Waals surface area contributed by atoms with Crippen LogP contribution >= 0.6 is 0 Å². The molecule has 1 N–H and O–H groups in total. The summed E-state index contributed by atoms with van der Waals surface area (Å²) in [6.45, 7) is 8.63. The number of ether oxygens (including phenoxy) is 1. The fraction of sp³-hybridized carbons (Fsp3) is 0.462. The molecule has 3 nitrogen and oxygen atoms in total. The lowest BCUT2D eigenvalue weighted by molar-refractivity contribution is -0.122. The van der Waals surface area contributed by atoms with Gasteiger partial charge in [0.2, 0.25) is 0 Å². The van der Waals surface area contributed by atoms with Crippen LogP contribution in [-0.2, 0) is 11.2 Å². The van der Waals surface area contributed by atoms with Gasteiger partial charge in [-0.1, -0.05) is 32.9 Å². The van der Waals surface area contributed by atoms with E-state index < -0.39 is 0 Å². The highest BCUT2D eigenvalue weighted by Crippen LogP contribution is 2.11. The van der Waals surface area contributed by atoms with E-state index >= 15 is 0 Å². The van der Waals surface area contributed by atoms with Gasteiger partial charge in [-0.2, -0.15) is 0 Å². The molecule has 0 saturated carbocycles. The largest absolute Gasteiger partial charge is 0.494 e. The van der Waals surface area contributed by atoms with Crippen molar-refractivity contribution in [2.45, 2.75) is 34.1 Å². The first-order valence-corrected chi connectivity index (χ1v) is 5.58. The molecule has 3 heteroatoms. The molecule has 0 fully saturated rings. The number of carbonyl (C=O) groups is 1. The molecule has 0 aliphatic rings. The Morgan fingerprint density at radius 2 is 1.62 bits per heavy atom. The molecule has 0 aliphatic heterocycles. The van der Waals surface area contributed by atoms with Gasteiger partial charge in [0.15, 0.2) is 0 Å². The topological polar surface area (TPSA) is 46.5 Å². The summed E-state index contributed by atoms with van der Waals surface area (Å²) in [5, 5.41) is 6.89. The molecule has 0 atom stereocenters. The average Bonchev–Trinajstić information content (AvgIpc) is 2.34. The van der Waals surface area contributed by atoms with E-state index in [2.05, 4.69) is 19.1 Å². The Balaban J connectivity index is 0. The van der Waals surface area contributed by atoms with E-state index in [0.29, 0.717) is 0 Å². The molecule has 1 aromatic rings. The third-order valence-electron chi connectivity index (χ3n) is 1.64. The van der Waals surface area contributed by atoms with Crippen molar-refractivity contribution in [1.29, 1.82) is 0 Å². The molecule has 16 heavy (non-hydrogen) atoms. The summed E-state index contributed by atoms with van der Waals surface area (Å²) in [6.07, 6.45) is 1.09. The smallest absolute Gasteiger partial charge is 0.290 e. The monoisotopic (exact) mass is 226 g/mol. The van der Waals surface area contributed by atoms with Gasteiger partial charge in [0.05, 0.1) is 6.61 Å². The Hall–Kier alpha value is -1.51. The van der Waals surface area contributed by atoms with Crippen molar-refractivity contribution < 1.29 is 14.6 Å². The molecule has 0 saturated heterocycles. The maximum absolute atomic E-state index is 8.36. The van der Waals surface area contributed by atoms with Crippen LogP contribution in [0, 0.1) is 0 Å². The summed E-state index contributed by atoms with van der Waals surface area (Å²) in [4.78, 5) is 8.36. The van der Waals surface area contributed by atoms with Gasteiger partial charge in [-0.05, 0) is 31.0 Å². The average molecular weight is 226 g/mol. The van der Waals surface area contributed by atoms with Crippen molar-refractivity contribution in [3.05, 3.63) is 29.8 Å². The molecule has 0 spiro atoms. The Morgan fingerprint density at radius 1 is 1.19 bits per heavy atom. The van der Waals surface area contributed by atoms with Crippen molar-refractivity contribution >= 4 is 6.47 Å². The van der Waals surface area contributed by atoms with Gasteiger partial charge in [0, 0.05) is 0 Å². The zero-order valence-electron chi connectivity index (χ0n) is 10.6. The van der Waals surface area contributed by atoms with Crippen LogP contribution in [0.5, 0.6) is 5.75 Å². The SMILES string of the molecule is CC.CCOc1ccc(CC)cc1.O=CO. The van der Waals surface area contributed by atoms with Gasteiger partial charge in [-0.25, -0.2) is 0 Å². The van der Waals surface area contributed by atoms with Crippen LogP contribution in [0.15, 0.2) is 24.3 Å². The summed E-state index contributed by atoms with van der Waals surface area (Å²) >= 11 is 0. The highest BCUT2D eigenvalue weighted by molar-refractivity contribution is 5.32. The minimum atomic E-state index is -0.250. The standard InChI is InChI=1S/C10H14O.C2H6.CH2O2/c1-3-9-5-7-10(8-6-9)11-4-2;1-2;2-1-3/h5-8H,3-4H2,1-2H3;1-2H3;1H,(H,2,3). The molecular weight excluding hydrogens is 204 g/mol. The highest BCUT2D eigenvalue weighted by atomic mass is 16.5. The summed E-state index contributed by atoms with van der Waals surface area (Å²) < 4.78 is 5.31. The molecule has 0 unspecified atom stereocenters. The molecule has 92 valence electrons. The first-order chi connectivity index (χ1) is 7.78. The first kappa shape index (κ1) is 16.9. The molecule has 0 heterocycles. The van der Waals surface area contributed by atoms with Crippen molar-refractivity contribution in [3.63, 3.8) is 0 Å². The third-order valence-corrected chi connectivity index (χ3v) is 1.64. The van der Waals surface area contributed by atoms with Crippen molar-refractivity contribution in [2.24, 2.45) is 0 Å². The van der Waals surface area contributed by atoms with Crippen LogP contribution in [0.3, 0.4) is 0 Å². The second-order valence-electron chi connectivity index (χ2n) is 2.54. The number of benzene rings is 1. The molecule has 0 bridgehead atoms. The van der Waals surface area contributed by atoms with E-state index in [1.54, 1.807) is 0 Å². The van der Waals surface area contributed by atoms with Gasteiger partial charge < -0.3 is 9.84 Å². The molecule has 0 aromatic heterocycles. The summed E-state index contributed by atoms with van der Waals surface area (Å²) in [7, 11) is 0. The van der Waals surface area contributed by atoms with Crippen LogP contribution in [0.4, 0.5) is 0 Å². The minimum absolute atomic E-state index is 0.250. The maximum Gasteiger partial charge on any atom is 0.290 e. The zero-order chi connectivity index (χ0) is 12.8. The predicted octanol–water partition coefficient (Wildman–Crippen LogP) is 3.37. The van der Waals surface area contributed by atoms with Crippen LogP contribution < -0.4 is 4.74 Å². The minimum Gasteiger partial charge on any atom is -0.494 e. The fourth-order valence-electron chi connectivity index (χ4n) is 0.988. The second-order valence-corrected chi connectivity index (χ2v) is 2.54. The molecule has 1 aromatic carbocycles. The molecule has 0 aliphatic carbocycles. The highest BCUT2D eigenvalue weighted by Gasteiger charge is 1.90. The third kappa shape index (κ3) is 9.06. The van der Waals surface area contributed by atoms with Gasteiger partial charge in [0.25, 0.3) is 6.47 Å². The quantitative estimate of drug-likeness (QED) is 0.804. The Morgan fingerprint density at radius 3 is 1.94 bits per heavy atom. The fourth-order valence-corrected chi connectivity index (χ4v) is 0.988. The summed E-state index contributed by atoms with van der Waals surface area (Å²) in [5.74, 6) is 0.963. The molecule has 1 rings (SSSR count). The lowest BCUT2D eigenvalue weighted by atomic mass is 10.2. The van der Waals surface area contributed by atoms with E-state index in [9.17, 15) is 0 Å². The number of rotatable bonds is 3. The van der Waals surface area contributed by atoms with E-state index in [1.165, 1.54) is 5.56 Å². The number of carboxylic acid groups (broad SMARTS) is 1. The Labute approximate surface area is 98.1 Å². The van der Waals surface area contributed by atoms with Gasteiger partial charge >= 0.3 is 0 Å². The molecular formula is C13H22O3. The Kier molecular flexibility index (Phi) is 14.3. The lowest BCUT2D eigenvalue weighted by Gasteiger charge is -2.02. The van der Waals surface area contributed by atoms with E-state index in [1.807, 2.05) is 32.9 Å². The van der Waals surface area contributed by atoms with E-state index in [4.69, 9.17) is 14.6 Å². The number of aryl methyl sites for hydroxylation is 1. The van der Waals surface area contributed by atoms with Crippen LogP contribution in [0.25, 0.3) is 0 Å². The predicted molar refractivity (Wildman–Crippen MR) is 67.0 cm³/mol. The van der Waals surface area contributed by atoms with E-state index in [-0.39, 0.29) is 6.47 Å². The maximum atomic E-state index is 8.36. The van der Waals surface area contributed by atoms with Crippen LogP contribution in [0.2, 0.25) is 0 Å². The molecule has 0 radical (unpaired) electrons. The van der Waals surface area contributed by atoms with Crippen molar-refractivity contribution in [3.8, 4) is 5.75 Å². The summed E-state index contributed by atoms with van der Waals surface area (Å²) in [5.41, 5.74) is 1.36.